The number of halogens is 3. The van der Waals surface area contributed by atoms with Crippen LogP contribution in [0, 0.1) is 11.6 Å². The van der Waals surface area contributed by atoms with Gasteiger partial charge in [-0.05, 0) is 66.6 Å². The Labute approximate surface area is 389 Å². The number of rotatable bonds is 8. The van der Waals surface area contributed by atoms with Gasteiger partial charge in [0.25, 0.3) is 0 Å². The molecule has 2 atom stereocenters. The van der Waals surface area contributed by atoms with Crippen molar-refractivity contribution in [2.75, 3.05) is 33.7 Å². The number of amides is 2. The van der Waals surface area contributed by atoms with Crippen molar-refractivity contribution in [3.63, 3.8) is 0 Å². The van der Waals surface area contributed by atoms with Crippen LogP contribution in [0.3, 0.4) is 0 Å². The second-order valence-corrected chi connectivity index (χ2v) is 17.2. The van der Waals surface area contributed by atoms with E-state index in [0.29, 0.717) is 52.1 Å². The fraction of sp³-hybridized carbons (Fsp3) is 0.409. The van der Waals surface area contributed by atoms with Crippen molar-refractivity contribution in [2.45, 2.75) is 102 Å². The Bertz CT molecular complexity index is 2680. The minimum atomic E-state index is -1.65. The molecule has 2 aliphatic heterocycles. The normalized spacial score (nSPS) is 18.4. The minimum absolute atomic E-state index is 0.0556. The maximum absolute atomic E-state index is 13.7. The van der Waals surface area contributed by atoms with Crippen LogP contribution in [-0.4, -0.2) is 116 Å². The number of aromatic nitrogens is 10. The summed E-state index contributed by atoms with van der Waals surface area (Å²) in [5.74, 6) is 1.81. The maximum atomic E-state index is 13.7. The van der Waals surface area contributed by atoms with Crippen LogP contribution < -0.4 is 25.1 Å². The van der Waals surface area contributed by atoms with Crippen LogP contribution in [0.1, 0.15) is 78.1 Å². The number of hydrogen-bond acceptors (Lipinski definition) is 14. The van der Waals surface area contributed by atoms with E-state index in [1.54, 1.807) is 63.3 Å². The van der Waals surface area contributed by atoms with Crippen molar-refractivity contribution in [3.05, 3.63) is 90.6 Å². The third-order valence-corrected chi connectivity index (χ3v) is 13.1. The Morgan fingerprint density at radius 1 is 0.682 bits per heavy atom. The predicted octanol–water partition coefficient (Wildman–Crippen LogP) is 5.20. The van der Waals surface area contributed by atoms with Crippen molar-refractivity contribution in [1.29, 1.82) is 0 Å². The van der Waals surface area contributed by atoms with Gasteiger partial charge in [0.2, 0.25) is 23.7 Å². The Kier molecular flexibility index (Phi) is 14.1. The molecule has 0 spiro atoms. The molecule has 0 aromatic carbocycles. The van der Waals surface area contributed by atoms with Gasteiger partial charge in [0.05, 0.1) is 36.7 Å². The Hall–Kier alpha value is -6.26. The third kappa shape index (κ3) is 9.25. The van der Waals surface area contributed by atoms with Gasteiger partial charge in [-0.25, -0.2) is 28.7 Å². The lowest BCUT2D eigenvalue weighted by Gasteiger charge is -2.43. The summed E-state index contributed by atoms with van der Waals surface area (Å²) in [6.07, 6.45) is 25.7. The molecule has 18 nitrogen and oxygen atoms in total. The molecule has 2 saturated carbocycles. The molecule has 22 heteroatoms. The molecule has 344 valence electrons. The van der Waals surface area contributed by atoms with E-state index < -0.39 is 18.8 Å². The van der Waals surface area contributed by atoms with Gasteiger partial charge in [0, 0.05) is 62.0 Å². The molecular weight excluding hydrogens is 917 g/mol. The van der Waals surface area contributed by atoms with Gasteiger partial charge in [-0.1, -0.05) is 39.5 Å². The average molecular weight is 968 g/mol. The summed E-state index contributed by atoms with van der Waals surface area (Å²) in [4.78, 5) is 68.2. The summed E-state index contributed by atoms with van der Waals surface area (Å²) in [6.45, 7) is 4.11. The molecule has 6 aromatic rings. The van der Waals surface area contributed by atoms with E-state index >= 15 is 0 Å². The number of likely N-dealkylation sites (N-methyl/N-ethyl adjacent to an activating group) is 2. The van der Waals surface area contributed by atoms with E-state index in [0.717, 1.165) is 80.7 Å². The number of anilines is 4. The van der Waals surface area contributed by atoms with Gasteiger partial charge in [-0.2, -0.15) is 9.97 Å². The topological polar surface area (TPSA) is 201 Å². The molecule has 8 heterocycles. The molecule has 2 N–H and O–H groups in total. The first-order valence-corrected chi connectivity index (χ1v) is 22.8. The molecule has 0 radical (unpaired) electrons. The fourth-order valence-electron chi connectivity index (χ4n) is 9.20. The SMILES string of the molecule is CC[C@@H]1C(=O)N(C)c2cnc(-n3ccnc3Br)nc2N1C1CCCC1.CC[C@@H]1C(=O)N(C)c2cnc(-n3cncc3-c3cncc(F)c3)nc2N1C1CCCC1.OB(O)c1cncc(F)c1. The van der Waals surface area contributed by atoms with E-state index in [-0.39, 0.29) is 29.4 Å². The lowest BCUT2D eigenvalue weighted by molar-refractivity contribution is -0.120. The first kappa shape index (κ1) is 46.3. The van der Waals surface area contributed by atoms with Crippen LogP contribution in [0.2, 0.25) is 0 Å². The van der Waals surface area contributed by atoms with Crippen LogP contribution in [0.25, 0.3) is 23.2 Å². The highest BCUT2D eigenvalue weighted by Gasteiger charge is 2.43. The lowest BCUT2D eigenvalue weighted by atomic mass is 9.82. The highest BCUT2D eigenvalue weighted by molar-refractivity contribution is 9.10. The second-order valence-electron chi connectivity index (χ2n) is 16.5. The minimum Gasteiger partial charge on any atom is -0.423 e. The second kappa shape index (κ2) is 20.1. The van der Waals surface area contributed by atoms with Crippen molar-refractivity contribution >= 4 is 63.3 Å². The van der Waals surface area contributed by atoms with Crippen LogP contribution in [0.15, 0.2) is 79.0 Å². The van der Waals surface area contributed by atoms with Gasteiger partial charge < -0.3 is 29.6 Å². The first-order valence-electron chi connectivity index (χ1n) is 22.0. The summed E-state index contributed by atoms with van der Waals surface area (Å²) >= 11 is 3.42. The molecule has 2 fully saturated rings. The third-order valence-electron chi connectivity index (χ3n) is 12.5. The molecule has 2 aliphatic carbocycles. The zero-order valence-corrected chi connectivity index (χ0v) is 38.6. The molecule has 6 aromatic heterocycles. The molecule has 4 aliphatic rings. The zero-order chi connectivity index (χ0) is 46.6. The quantitative estimate of drug-likeness (QED) is 0.189. The lowest BCUT2D eigenvalue weighted by Crippen LogP contribution is -2.55. The maximum Gasteiger partial charge on any atom is 0.490 e. The smallest absolute Gasteiger partial charge is 0.423 e. The number of nitrogens with zero attached hydrogens (tertiary/aromatic N) is 14. The van der Waals surface area contributed by atoms with E-state index in [4.69, 9.17) is 20.0 Å². The van der Waals surface area contributed by atoms with Crippen molar-refractivity contribution < 1.29 is 28.4 Å². The van der Waals surface area contributed by atoms with E-state index in [2.05, 4.69) is 62.6 Å². The highest BCUT2D eigenvalue weighted by atomic mass is 79.9. The van der Waals surface area contributed by atoms with Crippen molar-refractivity contribution in [1.82, 2.24) is 49.0 Å². The molecule has 66 heavy (non-hydrogen) atoms. The van der Waals surface area contributed by atoms with Crippen LogP contribution in [-0.2, 0) is 9.59 Å². The molecule has 0 bridgehead atoms. The van der Waals surface area contributed by atoms with Crippen LogP contribution in [0.5, 0.6) is 0 Å². The molecule has 2 amide bonds. The summed E-state index contributed by atoms with van der Waals surface area (Å²) in [5.41, 5.74) is 2.78. The number of carbonyl (C=O) groups excluding carboxylic acids is 2. The molecular formula is C44H50BBrF2N14O4. The monoisotopic (exact) mass is 966 g/mol. The standard InChI is InChI=1S/C22H24FN7O.C17H21BrN6O.C5H5BFNO2/c1-3-17-21(31)28(2)19-12-26-22(27-20(19)30(17)16-6-4-5-7-16)29-13-25-11-18(29)14-8-15(23)10-24-9-14;1-3-12-15(25)22(2)13-10-20-17(23-9-8-19-16(23)18)21-14(13)24(12)11-6-4-5-7-11;7-5-1-4(6(9)10)2-8-3-5/h8-13,16-17H,3-7H2,1-2H3;8-12H,3-7H2,1-2H3;1-3,9-10H/t17-;12-;/m11./s1. The number of fused-ring (bicyclic) bond motifs is 2. The fourth-order valence-corrected chi connectivity index (χ4v) is 9.60. The van der Waals surface area contributed by atoms with Gasteiger partial charge in [-0.15, -0.1) is 0 Å². The van der Waals surface area contributed by atoms with Crippen molar-refractivity contribution in [3.8, 4) is 23.2 Å². The Morgan fingerprint density at radius 2 is 1.20 bits per heavy atom. The average Bonchev–Trinajstić information content (AvgIpc) is 4.18. The number of hydrogen-bond donors (Lipinski definition) is 2. The first-order chi connectivity index (χ1) is 31.9. The number of imidazole rings is 2. The highest BCUT2D eigenvalue weighted by Crippen LogP contribution is 2.41. The summed E-state index contributed by atoms with van der Waals surface area (Å²) in [5, 5.41) is 17.0. The van der Waals surface area contributed by atoms with Gasteiger partial charge >= 0.3 is 7.12 Å². The van der Waals surface area contributed by atoms with Crippen molar-refractivity contribution in [2.24, 2.45) is 0 Å². The van der Waals surface area contributed by atoms with Gasteiger partial charge in [0.15, 0.2) is 16.4 Å². The van der Waals surface area contributed by atoms with E-state index in [9.17, 15) is 18.4 Å². The number of pyridine rings is 2. The van der Waals surface area contributed by atoms with E-state index in [1.165, 1.54) is 25.1 Å². The molecule has 0 saturated heterocycles. The van der Waals surface area contributed by atoms with Crippen LogP contribution >= 0.6 is 15.9 Å². The van der Waals surface area contributed by atoms with Gasteiger partial charge in [0.1, 0.15) is 41.4 Å². The largest absolute Gasteiger partial charge is 0.490 e. The van der Waals surface area contributed by atoms with E-state index in [1.807, 2.05) is 20.2 Å². The summed E-state index contributed by atoms with van der Waals surface area (Å²) in [7, 11) is 1.94. The summed E-state index contributed by atoms with van der Waals surface area (Å²) in [6, 6.07) is 2.68. The molecule has 0 unspecified atom stereocenters. The predicted molar refractivity (Wildman–Crippen MR) is 248 cm³/mol. The van der Waals surface area contributed by atoms with Crippen LogP contribution in [0.4, 0.5) is 31.8 Å². The molecule has 10 rings (SSSR count). The Balaban J connectivity index is 0.000000151. The zero-order valence-electron chi connectivity index (χ0n) is 37.0. The number of carbonyl (C=O) groups is 2. The summed E-state index contributed by atoms with van der Waals surface area (Å²) < 4.78 is 30.2. The van der Waals surface area contributed by atoms with Gasteiger partial charge in [-0.3, -0.25) is 28.7 Å². The Morgan fingerprint density at radius 3 is 1.65 bits per heavy atom.